The van der Waals surface area contributed by atoms with Crippen molar-refractivity contribution in [2.24, 2.45) is 0 Å². The van der Waals surface area contributed by atoms with Gasteiger partial charge in [0.25, 0.3) is 11.8 Å². The molecule has 2 unspecified atom stereocenters. The maximum atomic E-state index is 13.0. The molecule has 10 nitrogen and oxygen atoms in total. The first kappa shape index (κ1) is 21.1. The minimum absolute atomic E-state index is 0.0393. The second kappa shape index (κ2) is 8.00. The van der Waals surface area contributed by atoms with E-state index in [0.717, 1.165) is 22.0 Å². The first-order valence-corrected chi connectivity index (χ1v) is 11.4. The second-order valence-electron chi connectivity index (χ2n) is 8.23. The Morgan fingerprint density at radius 1 is 1.18 bits per heavy atom. The molecule has 4 amide bonds. The number of piperidine rings is 1. The van der Waals surface area contributed by atoms with Crippen LogP contribution in [-0.4, -0.2) is 54.5 Å². The molecular weight excluding hydrogens is 444 g/mol. The summed E-state index contributed by atoms with van der Waals surface area (Å²) in [4.78, 5) is 55.0. The number of aromatic nitrogens is 4. The van der Waals surface area contributed by atoms with E-state index in [1.807, 2.05) is 19.2 Å². The molecule has 1 fully saturated rings. The van der Waals surface area contributed by atoms with Gasteiger partial charge in [-0.05, 0) is 32.4 Å². The Morgan fingerprint density at radius 2 is 1.97 bits per heavy atom. The largest absolute Gasteiger partial charge is 0.295 e. The van der Waals surface area contributed by atoms with E-state index in [0.29, 0.717) is 11.3 Å². The molecule has 1 N–H and O–H groups in total. The molecule has 1 aromatic carbocycles. The number of thiazole rings is 1. The fraction of sp³-hybridized carbons (Fsp3) is 0.318. The van der Waals surface area contributed by atoms with E-state index in [1.165, 1.54) is 0 Å². The summed E-state index contributed by atoms with van der Waals surface area (Å²) >= 11 is 1.61. The molecule has 2 aliphatic rings. The fourth-order valence-corrected chi connectivity index (χ4v) is 4.99. The summed E-state index contributed by atoms with van der Waals surface area (Å²) in [6, 6.07) is 3.93. The van der Waals surface area contributed by atoms with E-state index in [4.69, 9.17) is 0 Å². The monoisotopic (exact) mass is 464 g/mol. The summed E-state index contributed by atoms with van der Waals surface area (Å²) in [5.41, 5.74) is 2.64. The van der Waals surface area contributed by atoms with Crippen molar-refractivity contribution in [2.75, 3.05) is 0 Å². The van der Waals surface area contributed by atoms with Crippen LogP contribution in [0.5, 0.6) is 0 Å². The van der Waals surface area contributed by atoms with Gasteiger partial charge in [-0.2, -0.15) is 0 Å². The van der Waals surface area contributed by atoms with Crippen LogP contribution in [0.3, 0.4) is 0 Å². The zero-order chi connectivity index (χ0) is 23.3. The zero-order valence-electron chi connectivity index (χ0n) is 17.9. The number of carbonyl (C=O) groups excluding carboxylic acids is 4. The Bertz CT molecular complexity index is 1310. The van der Waals surface area contributed by atoms with Gasteiger partial charge in [0.2, 0.25) is 11.8 Å². The predicted molar refractivity (Wildman–Crippen MR) is 117 cm³/mol. The van der Waals surface area contributed by atoms with E-state index < -0.39 is 29.7 Å². The normalized spacial score (nSPS) is 19.1. The van der Waals surface area contributed by atoms with Crippen LogP contribution in [-0.2, 0) is 16.0 Å². The summed E-state index contributed by atoms with van der Waals surface area (Å²) in [7, 11) is 0. The Hall–Kier alpha value is -3.73. The third-order valence-corrected chi connectivity index (χ3v) is 6.82. The highest BCUT2D eigenvalue weighted by Gasteiger charge is 2.44. The van der Waals surface area contributed by atoms with Crippen LogP contribution in [0.25, 0.3) is 11.3 Å². The van der Waals surface area contributed by atoms with Crippen molar-refractivity contribution in [2.45, 2.75) is 45.2 Å². The van der Waals surface area contributed by atoms with Gasteiger partial charge in [0.05, 0.1) is 28.4 Å². The lowest BCUT2D eigenvalue weighted by Gasteiger charge is -2.27. The van der Waals surface area contributed by atoms with E-state index >= 15 is 0 Å². The minimum atomic E-state index is -0.991. The third kappa shape index (κ3) is 3.74. The van der Waals surface area contributed by atoms with Crippen molar-refractivity contribution in [3.8, 4) is 11.3 Å². The number of hydrogen-bond donors (Lipinski definition) is 1. The molecule has 2 aliphatic heterocycles. The first-order valence-electron chi connectivity index (χ1n) is 10.5. The summed E-state index contributed by atoms with van der Waals surface area (Å²) in [5.74, 6) is -2.12. The van der Waals surface area contributed by atoms with E-state index in [-0.39, 0.29) is 30.0 Å². The lowest BCUT2D eigenvalue weighted by atomic mass is 10.0. The summed E-state index contributed by atoms with van der Waals surface area (Å²) in [5, 5.41) is 13.7. The van der Waals surface area contributed by atoms with Gasteiger partial charge in [0.1, 0.15) is 11.7 Å². The molecule has 168 valence electrons. The van der Waals surface area contributed by atoms with Gasteiger partial charge in [0.15, 0.2) is 0 Å². The molecule has 4 heterocycles. The summed E-state index contributed by atoms with van der Waals surface area (Å²) in [6.45, 7) is 3.98. The number of amides is 4. The summed E-state index contributed by atoms with van der Waals surface area (Å²) < 4.78 is 1.75. The van der Waals surface area contributed by atoms with Crippen molar-refractivity contribution in [3.63, 3.8) is 0 Å². The fourth-order valence-electron chi connectivity index (χ4n) is 4.10. The van der Waals surface area contributed by atoms with Crippen LogP contribution in [0.4, 0.5) is 0 Å². The molecule has 0 aliphatic carbocycles. The highest BCUT2D eigenvalue weighted by molar-refractivity contribution is 7.09. The van der Waals surface area contributed by atoms with Crippen LogP contribution in [0.1, 0.15) is 57.2 Å². The average molecular weight is 465 g/mol. The molecule has 0 radical (unpaired) electrons. The number of benzene rings is 1. The molecule has 3 aromatic rings. The standard InChI is InChI=1S/C22H20N6O4S/c1-11-10-33-19(23-11)7-12(2)27-9-16(25-26-27)13-3-4-14-15(8-13)22(32)28(21(14)31)17-5-6-18(29)24-20(17)30/h3-4,8-10,12,17H,5-7H2,1-2H3,(H,24,29,30). The van der Waals surface area contributed by atoms with Gasteiger partial charge in [-0.15, -0.1) is 16.4 Å². The van der Waals surface area contributed by atoms with Crippen LogP contribution in [0, 0.1) is 6.92 Å². The molecule has 0 spiro atoms. The Labute approximate surface area is 192 Å². The summed E-state index contributed by atoms with van der Waals surface area (Å²) in [6.07, 6.45) is 2.72. The lowest BCUT2D eigenvalue weighted by molar-refractivity contribution is -0.136. The van der Waals surface area contributed by atoms with E-state index in [2.05, 4.69) is 20.6 Å². The highest BCUT2D eigenvalue weighted by Crippen LogP contribution is 2.31. The van der Waals surface area contributed by atoms with Crippen molar-refractivity contribution >= 4 is 35.0 Å². The number of nitrogens with one attached hydrogen (secondary N) is 1. The number of fused-ring (bicyclic) bond motifs is 1. The predicted octanol–water partition coefficient (Wildman–Crippen LogP) is 1.91. The second-order valence-corrected chi connectivity index (χ2v) is 9.17. The number of hydrogen-bond acceptors (Lipinski definition) is 8. The SMILES string of the molecule is Cc1csc(CC(C)n2cc(-c3ccc4c(c3)C(=O)N(C3CCC(=O)NC3=O)C4=O)nn2)n1. The smallest absolute Gasteiger partial charge is 0.262 e. The van der Waals surface area contributed by atoms with E-state index in [1.54, 1.807) is 40.4 Å². The topological polar surface area (TPSA) is 127 Å². The molecule has 5 rings (SSSR count). The van der Waals surface area contributed by atoms with Gasteiger partial charge in [-0.1, -0.05) is 11.3 Å². The molecule has 11 heteroatoms. The Morgan fingerprint density at radius 3 is 2.70 bits per heavy atom. The lowest BCUT2D eigenvalue weighted by Crippen LogP contribution is -2.54. The van der Waals surface area contributed by atoms with Crippen molar-refractivity contribution < 1.29 is 19.2 Å². The van der Waals surface area contributed by atoms with Crippen LogP contribution in [0.2, 0.25) is 0 Å². The van der Waals surface area contributed by atoms with Crippen LogP contribution in [0.15, 0.2) is 29.8 Å². The first-order chi connectivity index (χ1) is 15.8. The Kier molecular flexibility index (Phi) is 5.12. The van der Waals surface area contributed by atoms with Crippen molar-refractivity contribution in [1.82, 2.24) is 30.2 Å². The molecule has 33 heavy (non-hydrogen) atoms. The third-order valence-electron chi connectivity index (χ3n) is 5.83. The Balaban J connectivity index is 1.38. The van der Waals surface area contributed by atoms with Crippen molar-refractivity contribution in [1.29, 1.82) is 0 Å². The number of rotatable bonds is 5. The molecule has 1 saturated heterocycles. The maximum absolute atomic E-state index is 13.0. The maximum Gasteiger partial charge on any atom is 0.262 e. The number of aryl methyl sites for hydroxylation is 1. The van der Waals surface area contributed by atoms with Crippen molar-refractivity contribution in [3.05, 3.63) is 51.6 Å². The van der Waals surface area contributed by atoms with Crippen LogP contribution >= 0.6 is 11.3 Å². The molecule has 2 aromatic heterocycles. The van der Waals surface area contributed by atoms with Gasteiger partial charge in [0, 0.05) is 29.5 Å². The number of imide groups is 2. The number of carbonyl (C=O) groups is 4. The molecule has 0 saturated carbocycles. The van der Waals surface area contributed by atoms with Gasteiger partial charge >= 0.3 is 0 Å². The molecular formula is C22H20N6O4S. The van der Waals surface area contributed by atoms with Gasteiger partial charge < -0.3 is 0 Å². The average Bonchev–Trinajstić information content (AvgIpc) is 3.48. The highest BCUT2D eigenvalue weighted by atomic mass is 32.1. The quantitative estimate of drug-likeness (QED) is 0.572. The minimum Gasteiger partial charge on any atom is -0.295 e. The number of nitrogens with zero attached hydrogens (tertiary/aromatic N) is 5. The van der Waals surface area contributed by atoms with Gasteiger partial charge in [-0.3, -0.25) is 29.4 Å². The van der Waals surface area contributed by atoms with Crippen LogP contribution < -0.4 is 5.32 Å². The van der Waals surface area contributed by atoms with E-state index in [9.17, 15) is 19.2 Å². The zero-order valence-corrected chi connectivity index (χ0v) is 18.8. The van der Waals surface area contributed by atoms with Gasteiger partial charge in [-0.25, -0.2) is 9.67 Å². The molecule has 0 bridgehead atoms. The molecule has 2 atom stereocenters.